The highest BCUT2D eigenvalue weighted by Crippen LogP contribution is 2.54. The standard InChI is InChI=1S/C24H34N6O2S/c1-7-9-11-24(28-29-24)12-10-19(31)30(17(5)22-27-26-18(6)33-22)20(23(8-2)13-14-23)21(32)25-15-16(3)4/h1,17,20H,3,8-15H2,2,4-6H3,(H,25,32). The van der Waals surface area contributed by atoms with Crippen LogP contribution in [0.25, 0.3) is 0 Å². The Balaban J connectivity index is 1.88. The van der Waals surface area contributed by atoms with Gasteiger partial charge in [0.1, 0.15) is 16.1 Å². The van der Waals surface area contributed by atoms with Crippen LogP contribution in [0.5, 0.6) is 0 Å². The number of rotatable bonds is 13. The van der Waals surface area contributed by atoms with Gasteiger partial charge in [-0.15, -0.1) is 22.5 Å². The van der Waals surface area contributed by atoms with E-state index < -0.39 is 11.7 Å². The summed E-state index contributed by atoms with van der Waals surface area (Å²) < 4.78 is 0. The molecule has 1 aliphatic carbocycles. The fourth-order valence-corrected chi connectivity index (χ4v) is 5.05. The minimum absolute atomic E-state index is 0.0945. The molecule has 2 amide bonds. The number of carbonyl (C=O) groups is 2. The second-order valence-electron chi connectivity index (χ2n) is 9.32. The molecule has 1 aromatic heterocycles. The van der Waals surface area contributed by atoms with E-state index in [2.05, 4.69) is 45.2 Å². The van der Waals surface area contributed by atoms with E-state index in [4.69, 9.17) is 6.42 Å². The molecule has 1 aliphatic heterocycles. The van der Waals surface area contributed by atoms with Gasteiger partial charge in [0.25, 0.3) is 0 Å². The quantitative estimate of drug-likeness (QED) is 0.342. The molecule has 178 valence electrons. The molecule has 2 heterocycles. The Morgan fingerprint density at radius 3 is 2.48 bits per heavy atom. The van der Waals surface area contributed by atoms with Crippen LogP contribution in [-0.2, 0) is 9.59 Å². The van der Waals surface area contributed by atoms with E-state index in [9.17, 15) is 9.59 Å². The molecule has 1 N–H and O–H groups in total. The number of aryl methyl sites for hydroxylation is 1. The Morgan fingerprint density at radius 2 is 2.00 bits per heavy atom. The lowest BCUT2D eigenvalue weighted by molar-refractivity contribution is -0.146. The molecule has 1 saturated carbocycles. The molecule has 33 heavy (non-hydrogen) atoms. The number of carbonyl (C=O) groups excluding carboxylic acids is 2. The van der Waals surface area contributed by atoms with E-state index >= 15 is 0 Å². The summed E-state index contributed by atoms with van der Waals surface area (Å²) >= 11 is 1.45. The van der Waals surface area contributed by atoms with Gasteiger partial charge in [-0.2, -0.15) is 10.2 Å². The fraction of sp³-hybridized carbons (Fsp3) is 0.667. The van der Waals surface area contributed by atoms with Crippen LogP contribution in [0.4, 0.5) is 0 Å². The van der Waals surface area contributed by atoms with E-state index in [0.29, 0.717) is 25.8 Å². The van der Waals surface area contributed by atoms with Crippen molar-refractivity contribution in [2.24, 2.45) is 15.6 Å². The van der Waals surface area contributed by atoms with Gasteiger partial charge in [-0.3, -0.25) is 9.59 Å². The minimum atomic E-state index is -0.580. The smallest absolute Gasteiger partial charge is 0.243 e. The van der Waals surface area contributed by atoms with Gasteiger partial charge in [-0.1, -0.05) is 30.4 Å². The summed E-state index contributed by atoms with van der Waals surface area (Å²) in [4.78, 5) is 29.0. The number of terminal acetylenes is 1. The molecule has 1 aromatic rings. The Morgan fingerprint density at radius 1 is 1.30 bits per heavy atom. The predicted molar refractivity (Wildman–Crippen MR) is 128 cm³/mol. The third kappa shape index (κ3) is 5.85. The molecule has 0 bridgehead atoms. The summed E-state index contributed by atoms with van der Waals surface area (Å²) in [7, 11) is 0. The molecular weight excluding hydrogens is 436 g/mol. The highest BCUT2D eigenvalue weighted by atomic mass is 32.1. The van der Waals surface area contributed by atoms with Crippen LogP contribution in [0, 0.1) is 24.7 Å². The highest BCUT2D eigenvalue weighted by Gasteiger charge is 2.55. The molecule has 2 unspecified atom stereocenters. The second kappa shape index (κ2) is 10.1. The van der Waals surface area contributed by atoms with Crippen molar-refractivity contribution in [2.75, 3.05) is 6.54 Å². The van der Waals surface area contributed by atoms with E-state index in [-0.39, 0.29) is 29.7 Å². The molecule has 1 fully saturated rings. The summed E-state index contributed by atoms with van der Waals surface area (Å²) in [5.41, 5.74) is 0.0930. The molecule has 2 atom stereocenters. The lowest BCUT2D eigenvalue weighted by atomic mass is 9.89. The predicted octanol–water partition coefficient (Wildman–Crippen LogP) is 4.34. The summed E-state index contributed by atoms with van der Waals surface area (Å²) in [6, 6.07) is -0.952. The molecule has 0 aromatic carbocycles. The molecule has 0 spiro atoms. The third-order valence-electron chi connectivity index (χ3n) is 6.66. The molecule has 9 heteroatoms. The monoisotopic (exact) mass is 470 g/mol. The first kappa shape index (κ1) is 25.0. The maximum atomic E-state index is 13.7. The van der Waals surface area contributed by atoms with Gasteiger partial charge in [0.2, 0.25) is 11.8 Å². The first-order chi connectivity index (χ1) is 15.7. The van der Waals surface area contributed by atoms with E-state index in [1.165, 1.54) is 11.3 Å². The molecule has 0 radical (unpaired) electrons. The van der Waals surface area contributed by atoms with Crippen LogP contribution in [0.2, 0.25) is 0 Å². The van der Waals surface area contributed by atoms with Crippen LogP contribution in [0.1, 0.15) is 81.8 Å². The van der Waals surface area contributed by atoms with E-state index in [1.807, 2.05) is 20.8 Å². The van der Waals surface area contributed by atoms with Gasteiger partial charge in [-0.25, -0.2) is 0 Å². The average Bonchev–Trinajstić information content (AvgIpc) is 3.70. The average molecular weight is 471 g/mol. The number of nitrogens with one attached hydrogen (secondary N) is 1. The molecule has 0 saturated heterocycles. The van der Waals surface area contributed by atoms with Crippen LogP contribution < -0.4 is 5.32 Å². The summed E-state index contributed by atoms with van der Waals surface area (Å²) in [6.07, 6.45) is 9.98. The van der Waals surface area contributed by atoms with Gasteiger partial charge in [0.15, 0.2) is 5.66 Å². The van der Waals surface area contributed by atoms with Crippen molar-refractivity contribution in [2.45, 2.75) is 90.4 Å². The lowest BCUT2D eigenvalue weighted by Gasteiger charge is -2.39. The molecular formula is C24H34N6O2S. The van der Waals surface area contributed by atoms with Crippen molar-refractivity contribution in [3.8, 4) is 12.3 Å². The summed E-state index contributed by atoms with van der Waals surface area (Å²) in [5.74, 6) is 2.39. The zero-order valence-electron chi connectivity index (χ0n) is 20.1. The van der Waals surface area contributed by atoms with Gasteiger partial charge in [0.05, 0.1) is 6.04 Å². The number of amides is 2. The largest absolute Gasteiger partial charge is 0.351 e. The van der Waals surface area contributed by atoms with Crippen LogP contribution in [0.3, 0.4) is 0 Å². The number of aromatic nitrogens is 2. The first-order valence-corrected chi connectivity index (χ1v) is 12.4. The van der Waals surface area contributed by atoms with Crippen molar-refractivity contribution >= 4 is 23.2 Å². The van der Waals surface area contributed by atoms with Crippen LogP contribution in [0.15, 0.2) is 22.4 Å². The van der Waals surface area contributed by atoms with Crippen molar-refractivity contribution in [1.82, 2.24) is 20.4 Å². The number of hydrogen-bond acceptors (Lipinski definition) is 7. The van der Waals surface area contributed by atoms with Crippen molar-refractivity contribution in [3.63, 3.8) is 0 Å². The SMILES string of the molecule is C#CCCC1(CCC(=O)N(C(C)c2nnc(C)s2)C(C(=O)NCC(=C)C)C2(CC)CC2)N=N1. The van der Waals surface area contributed by atoms with Gasteiger partial charge in [0, 0.05) is 32.2 Å². The maximum absolute atomic E-state index is 13.7. The summed E-state index contributed by atoms with van der Waals surface area (Å²) in [6.45, 7) is 12.1. The van der Waals surface area contributed by atoms with Crippen LogP contribution >= 0.6 is 11.3 Å². The summed E-state index contributed by atoms with van der Waals surface area (Å²) in [5, 5.41) is 21.3. The van der Waals surface area contributed by atoms with E-state index in [1.54, 1.807) is 4.90 Å². The molecule has 8 nitrogen and oxygen atoms in total. The zero-order chi connectivity index (χ0) is 24.2. The van der Waals surface area contributed by atoms with Crippen molar-refractivity contribution in [1.29, 1.82) is 0 Å². The number of nitrogens with zero attached hydrogens (tertiary/aromatic N) is 5. The van der Waals surface area contributed by atoms with Crippen molar-refractivity contribution in [3.05, 3.63) is 22.2 Å². The Hall–Kier alpha value is -2.60. The second-order valence-corrected chi connectivity index (χ2v) is 10.5. The Kier molecular flexibility index (Phi) is 7.68. The molecule has 2 aliphatic rings. The van der Waals surface area contributed by atoms with Gasteiger partial charge < -0.3 is 10.2 Å². The normalized spacial score (nSPS) is 18.6. The fourth-order valence-electron chi connectivity index (χ4n) is 4.30. The van der Waals surface area contributed by atoms with Crippen molar-refractivity contribution < 1.29 is 9.59 Å². The molecule has 3 rings (SSSR count). The highest BCUT2D eigenvalue weighted by molar-refractivity contribution is 7.11. The van der Waals surface area contributed by atoms with Crippen LogP contribution in [-0.4, -0.2) is 45.2 Å². The first-order valence-electron chi connectivity index (χ1n) is 11.6. The number of hydrogen-bond donors (Lipinski definition) is 1. The van der Waals surface area contributed by atoms with Gasteiger partial charge >= 0.3 is 0 Å². The third-order valence-corrected chi connectivity index (χ3v) is 7.67. The van der Waals surface area contributed by atoms with E-state index in [0.717, 1.165) is 34.9 Å². The van der Waals surface area contributed by atoms with Gasteiger partial charge in [-0.05, 0) is 45.4 Å². The topological polar surface area (TPSA) is 99.9 Å². The Bertz CT molecular complexity index is 968. The zero-order valence-corrected chi connectivity index (χ0v) is 20.9. The Labute approximate surface area is 200 Å². The minimum Gasteiger partial charge on any atom is -0.351 e. The lowest BCUT2D eigenvalue weighted by Crippen LogP contribution is -2.55. The maximum Gasteiger partial charge on any atom is 0.243 e.